The fourth-order valence-electron chi connectivity index (χ4n) is 1.74. The quantitative estimate of drug-likeness (QED) is 0.277. The fourth-order valence-corrected chi connectivity index (χ4v) is 2.95. The number of anilines is 1. The first-order valence-corrected chi connectivity index (χ1v) is 9.42. The molecule has 4 N–H and O–H groups in total. The van der Waals surface area contributed by atoms with E-state index >= 15 is 0 Å². The molecule has 2 aromatic heterocycles. The van der Waals surface area contributed by atoms with Crippen LogP contribution in [0.25, 0.3) is 11.2 Å². The van der Waals surface area contributed by atoms with Gasteiger partial charge in [0, 0.05) is 6.54 Å². The van der Waals surface area contributed by atoms with E-state index in [4.69, 9.17) is 20.3 Å². The Balaban J connectivity index is 2.11. The number of nitrogens with zero attached hydrogens (tertiary/aromatic N) is 4. The van der Waals surface area contributed by atoms with Crippen molar-refractivity contribution in [2.75, 3.05) is 24.4 Å². The standard InChI is InChI=1S/C11H18N5O4PS/c1-2-5-22-10-8-9(14-11(12)15-10)16(6-13-8)3-4-20-7-21(17,18)19/h6H,2-5,7H2,1H3,(H2,12,14,15)(H2,17,18,19). The van der Waals surface area contributed by atoms with E-state index in [2.05, 4.69) is 21.9 Å². The van der Waals surface area contributed by atoms with Crippen LogP contribution in [-0.2, 0) is 15.8 Å². The fraction of sp³-hybridized carbons (Fsp3) is 0.545. The van der Waals surface area contributed by atoms with Crippen LogP contribution in [0.5, 0.6) is 0 Å². The van der Waals surface area contributed by atoms with Crippen LogP contribution >= 0.6 is 19.4 Å². The number of ether oxygens (including phenoxy) is 1. The summed E-state index contributed by atoms with van der Waals surface area (Å²) in [5.41, 5.74) is 6.98. The van der Waals surface area contributed by atoms with E-state index in [1.54, 1.807) is 22.7 Å². The second-order valence-electron chi connectivity index (χ2n) is 4.55. The van der Waals surface area contributed by atoms with Gasteiger partial charge in [0.25, 0.3) is 0 Å². The van der Waals surface area contributed by atoms with Crippen molar-refractivity contribution in [3.63, 3.8) is 0 Å². The van der Waals surface area contributed by atoms with Crippen molar-refractivity contribution < 1.29 is 19.1 Å². The summed E-state index contributed by atoms with van der Waals surface area (Å²) in [6.07, 6.45) is 2.00. The van der Waals surface area contributed by atoms with Crippen molar-refractivity contribution in [3.05, 3.63) is 6.33 Å². The summed E-state index contributed by atoms with van der Waals surface area (Å²) in [6, 6.07) is 0. The van der Waals surface area contributed by atoms with E-state index in [1.165, 1.54) is 0 Å². The van der Waals surface area contributed by atoms with Gasteiger partial charge >= 0.3 is 7.60 Å². The lowest BCUT2D eigenvalue weighted by molar-refractivity contribution is 0.149. The zero-order valence-corrected chi connectivity index (χ0v) is 13.8. The zero-order valence-electron chi connectivity index (χ0n) is 12.0. The molecule has 11 heteroatoms. The Morgan fingerprint density at radius 3 is 2.91 bits per heavy atom. The van der Waals surface area contributed by atoms with Crippen LogP contribution < -0.4 is 5.73 Å². The summed E-state index contributed by atoms with van der Waals surface area (Å²) in [6.45, 7) is 2.58. The van der Waals surface area contributed by atoms with E-state index in [9.17, 15) is 4.57 Å². The van der Waals surface area contributed by atoms with Gasteiger partial charge in [-0.2, -0.15) is 4.98 Å². The van der Waals surface area contributed by atoms with Gasteiger partial charge in [0.05, 0.1) is 12.9 Å². The number of rotatable bonds is 8. The number of aromatic nitrogens is 4. The molecule has 0 aliphatic rings. The molecule has 0 saturated carbocycles. The van der Waals surface area contributed by atoms with Crippen LogP contribution in [0.4, 0.5) is 5.95 Å². The third-order valence-corrected chi connectivity index (χ3v) is 4.32. The normalized spacial score (nSPS) is 12.1. The van der Waals surface area contributed by atoms with Crippen molar-refractivity contribution >= 4 is 36.5 Å². The minimum Gasteiger partial charge on any atom is -0.368 e. The molecule has 2 heterocycles. The molecule has 0 aliphatic carbocycles. The highest BCUT2D eigenvalue weighted by molar-refractivity contribution is 7.99. The lowest BCUT2D eigenvalue weighted by Crippen LogP contribution is -2.08. The predicted molar refractivity (Wildman–Crippen MR) is 83.6 cm³/mol. The number of nitrogen functional groups attached to an aromatic ring is 1. The topological polar surface area (TPSA) is 136 Å². The highest BCUT2D eigenvalue weighted by Crippen LogP contribution is 2.33. The van der Waals surface area contributed by atoms with Crippen molar-refractivity contribution in [1.82, 2.24) is 19.5 Å². The van der Waals surface area contributed by atoms with Crippen molar-refractivity contribution in [2.24, 2.45) is 0 Å². The number of hydrogen-bond acceptors (Lipinski definition) is 7. The summed E-state index contributed by atoms with van der Waals surface area (Å²) in [4.78, 5) is 30.1. The first-order valence-electron chi connectivity index (χ1n) is 6.64. The van der Waals surface area contributed by atoms with Crippen LogP contribution in [-0.4, -0.2) is 48.0 Å². The summed E-state index contributed by atoms with van der Waals surface area (Å²) < 4.78 is 17.4. The maximum absolute atomic E-state index is 10.7. The molecule has 0 spiro atoms. The number of thioether (sulfide) groups is 1. The first kappa shape index (κ1) is 17.2. The third-order valence-electron chi connectivity index (χ3n) is 2.63. The predicted octanol–water partition coefficient (Wildman–Crippen LogP) is 1.06. The third kappa shape index (κ3) is 4.65. The largest absolute Gasteiger partial charge is 0.368 e. The van der Waals surface area contributed by atoms with Gasteiger partial charge in [-0.25, -0.2) is 9.97 Å². The maximum Gasteiger partial charge on any atom is 0.350 e. The van der Waals surface area contributed by atoms with Gasteiger partial charge in [-0.1, -0.05) is 6.92 Å². The van der Waals surface area contributed by atoms with E-state index in [0.717, 1.165) is 17.2 Å². The Hall–Kier alpha value is -1.19. The summed E-state index contributed by atoms with van der Waals surface area (Å²) >= 11 is 1.57. The number of hydrogen-bond donors (Lipinski definition) is 3. The molecule has 0 bridgehead atoms. The van der Waals surface area contributed by atoms with Gasteiger partial charge in [-0.15, -0.1) is 11.8 Å². The molecule has 0 saturated heterocycles. The van der Waals surface area contributed by atoms with Gasteiger partial charge in [0.1, 0.15) is 16.9 Å². The number of imidazole rings is 1. The smallest absolute Gasteiger partial charge is 0.350 e. The van der Waals surface area contributed by atoms with Gasteiger partial charge in [-0.05, 0) is 12.2 Å². The van der Waals surface area contributed by atoms with Gasteiger partial charge < -0.3 is 24.8 Å². The molecule has 2 rings (SSSR count). The molecule has 0 radical (unpaired) electrons. The molecule has 22 heavy (non-hydrogen) atoms. The molecular weight excluding hydrogens is 329 g/mol. The van der Waals surface area contributed by atoms with Crippen LogP contribution in [0, 0.1) is 0 Å². The second-order valence-corrected chi connectivity index (χ2v) is 7.22. The molecular formula is C11H18N5O4PS. The van der Waals surface area contributed by atoms with E-state index in [0.29, 0.717) is 17.7 Å². The van der Waals surface area contributed by atoms with Crippen LogP contribution in [0.15, 0.2) is 11.4 Å². The van der Waals surface area contributed by atoms with Gasteiger partial charge in [-0.3, -0.25) is 4.57 Å². The Morgan fingerprint density at radius 2 is 2.23 bits per heavy atom. The van der Waals surface area contributed by atoms with Gasteiger partial charge in [0.2, 0.25) is 5.95 Å². The summed E-state index contributed by atoms with van der Waals surface area (Å²) in [5, 5.41) is 0.735. The Labute approximate surface area is 131 Å². The highest BCUT2D eigenvalue weighted by atomic mass is 32.2. The second kappa shape index (κ2) is 7.38. The highest BCUT2D eigenvalue weighted by Gasteiger charge is 2.14. The van der Waals surface area contributed by atoms with E-state index in [1.807, 2.05) is 0 Å². The summed E-state index contributed by atoms with van der Waals surface area (Å²) in [7, 11) is -4.14. The molecule has 0 fully saturated rings. The molecule has 0 amide bonds. The minimum absolute atomic E-state index is 0.137. The van der Waals surface area contributed by atoms with E-state index in [-0.39, 0.29) is 12.6 Å². The number of nitrogens with two attached hydrogens (primary N) is 1. The lowest BCUT2D eigenvalue weighted by atomic mass is 10.5. The minimum atomic E-state index is -4.14. The molecule has 122 valence electrons. The lowest BCUT2D eigenvalue weighted by Gasteiger charge is -2.07. The zero-order chi connectivity index (χ0) is 16.2. The molecule has 0 unspecified atom stereocenters. The Kier molecular flexibility index (Phi) is 5.76. The Bertz CT molecular complexity index is 688. The average Bonchev–Trinajstić information content (AvgIpc) is 2.83. The first-order chi connectivity index (χ1) is 10.4. The Morgan fingerprint density at radius 1 is 1.45 bits per heavy atom. The van der Waals surface area contributed by atoms with Crippen LogP contribution in [0.3, 0.4) is 0 Å². The van der Waals surface area contributed by atoms with Crippen molar-refractivity contribution in [3.8, 4) is 0 Å². The van der Waals surface area contributed by atoms with Crippen LogP contribution in [0.1, 0.15) is 13.3 Å². The molecule has 0 atom stereocenters. The summed E-state index contributed by atoms with van der Waals surface area (Å²) in [5.74, 6) is 1.08. The van der Waals surface area contributed by atoms with Crippen molar-refractivity contribution in [2.45, 2.75) is 24.9 Å². The SMILES string of the molecule is CCCSc1nc(N)nc2c1ncn2CCOCP(=O)(O)O. The van der Waals surface area contributed by atoms with Crippen LogP contribution in [0.2, 0.25) is 0 Å². The number of fused-ring (bicyclic) bond motifs is 1. The molecule has 9 nitrogen and oxygen atoms in total. The maximum atomic E-state index is 10.7. The average molecular weight is 347 g/mol. The molecule has 0 aliphatic heterocycles. The van der Waals surface area contributed by atoms with E-state index < -0.39 is 13.9 Å². The molecule has 2 aromatic rings. The monoisotopic (exact) mass is 347 g/mol. The molecule has 0 aromatic carbocycles. The van der Waals surface area contributed by atoms with Crippen molar-refractivity contribution in [1.29, 1.82) is 0 Å². The van der Waals surface area contributed by atoms with Gasteiger partial charge in [0.15, 0.2) is 5.65 Å².